The molecule has 2 aromatic carbocycles. The van der Waals surface area contributed by atoms with Gasteiger partial charge in [0, 0.05) is 25.4 Å². The molecule has 3 heterocycles. The highest BCUT2D eigenvalue weighted by molar-refractivity contribution is 5.77. The monoisotopic (exact) mass is 442 g/mol. The van der Waals surface area contributed by atoms with Crippen LogP contribution in [-0.2, 0) is 6.42 Å². The maximum atomic E-state index is 11.1. The zero-order valence-corrected chi connectivity index (χ0v) is 18.7. The highest BCUT2D eigenvalue weighted by Crippen LogP contribution is 2.34. The van der Waals surface area contributed by atoms with Crippen molar-refractivity contribution < 1.29 is 5.11 Å². The number of hydrogen-bond donors (Lipinski definition) is 3. The molecule has 0 radical (unpaired) electrons. The second-order valence-electron chi connectivity index (χ2n) is 9.13. The molecule has 0 spiro atoms. The zero-order chi connectivity index (χ0) is 22.7. The number of aliphatic hydroxyl groups is 1. The van der Waals surface area contributed by atoms with Gasteiger partial charge < -0.3 is 15.7 Å². The van der Waals surface area contributed by atoms with Gasteiger partial charge in [-0.25, -0.2) is 10.1 Å². The Labute approximate surface area is 193 Å². The first kappa shape index (κ1) is 21.6. The fourth-order valence-electron chi connectivity index (χ4n) is 4.99. The number of nitrogen functional groups attached to an aromatic ring is 1. The number of nitrogens with one attached hydrogen (secondary N) is 1. The van der Waals surface area contributed by atoms with Crippen molar-refractivity contribution in [2.24, 2.45) is 0 Å². The molecule has 4 aromatic rings. The van der Waals surface area contributed by atoms with E-state index >= 15 is 0 Å². The summed E-state index contributed by atoms with van der Waals surface area (Å²) in [5, 5.41) is 22.2. The molecule has 7 heteroatoms. The molecule has 2 aromatic heterocycles. The summed E-state index contributed by atoms with van der Waals surface area (Å²) >= 11 is 0. The lowest BCUT2D eigenvalue weighted by Crippen LogP contribution is -2.46. The van der Waals surface area contributed by atoms with Gasteiger partial charge in [0.2, 0.25) is 0 Å². The molecular formula is C26H30N6O. The van der Waals surface area contributed by atoms with E-state index in [2.05, 4.69) is 61.7 Å². The van der Waals surface area contributed by atoms with Gasteiger partial charge >= 0.3 is 0 Å². The number of H-pyrrole nitrogens is 1. The Bertz CT molecular complexity index is 1190. The molecular weight excluding hydrogens is 412 g/mol. The number of nitrogens with two attached hydrogens (primary N) is 1. The van der Waals surface area contributed by atoms with Crippen LogP contribution in [0.1, 0.15) is 41.9 Å². The minimum Gasteiger partial charge on any atom is -0.389 e. The number of piperidine rings is 1. The Hall–Kier alpha value is -3.29. The van der Waals surface area contributed by atoms with Crippen LogP contribution >= 0.6 is 0 Å². The van der Waals surface area contributed by atoms with Gasteiger partial charge in [-0.15, -0.1) is 5.10 Å². The Morgan fingerprint density at radius 1 is 1.03 bits per heavy atom. The van der Waals surface area contributed by atoms with Crippen molar-refractivity contribution in [1.82, 2.24) is 25.3 Å². The summed E-state index contributed by atoms with van der Waals surface area (Å²) in [6.45, 7) is 2.72. The molecule has 33 heavy (non-hydrogen) atoms. The van der Waals surface area contributed by atoms with E-state index in [1.807, 2.05) is 30.3 Å². The number of nitrogens with zero attached hydrogens (tertiary/aromatic N) is 4. The van der Waals surface area contributed by atoms with Crippen molar-refractivity contribution in [2.45, 2.75) is 37.2 Å². The lowest BCUT2D eigenvalue weighted by molar-refractivity contribution is -0.0209. The third-order valence-corrected chi connectivity index (χ3v) is 6.82. The molecule has 0 aliphatic carbocycles. The van der Waals surface area contributed by atoms with Gasteiger partial charge in [-0.2, -0.15) is 0 Å². The normalized spacial score (nSPS) is 17.2. The maximum absolute atomic E-state index is 11.1. The first-order valence-corrected chi connectivity index (χ1v) is 11.6. The quantitative estimate of drug-likeness (QED) is 0.405. The minimum absolute atomic E-state index is 0.134. The number of hydrogen-bond acceptors (Lipinski definition) is 6. The summed E-state index contributed by atoms with van der Waals surface area (Å²) in [4.78, 5) is 6.79. The van der Waals surface area contributed by atoms with E-state index in [9.17, 15) is 5.11 Å². The number of anilines is 1. The molecule has 7 nitrogen and oxygen atoms in total. The van der Waals surface area contributed by atoms with Gasteiger partial charge in [0.15, 0.2) is 5.65 Å². The fourth-order valence-corrected chi connectivity index (χ4v) is 4.99. The Morgan fingerprint density at radius 3 is 2.45 bits per heavy atom. The smallest absolute Gasteiger partial charge is 0.178 e. The average Bonchev–Trinajstić information content (AvgIpc) is 3.30. The summed E-state index contributed by atoms with van der Waals surface area (Å²) in [5.41, 5.74) is 10.4. The van der Waals surface area contributed by atoms with Gasteiger partial charge in [-0.3, -0.25) is 0 Å². The topological polar surface area (TPSA) is 104 Å². The van der Waals surface area contributed by atoms with Gasteiger partial charge in [-0.05, 0) is 48.6 Å². The van der Waals surface area contributed by atoms with Crippen LogP contribution in [-0.4, -0.2) is 55.6 Å². The molecule has 0 bridgehead atoms. The Morgan fingerprint density at radius 2 is 1.73 bits per heavy atom. The summed E-state index contributed by atoms with van der Waals surface area (Å²) in [6.07, 6.45) is 3.21. The SMILES string of the molecule is Nc1cc(C(CCN2CCC(O)(Cc3ccccc3)CC2)c2ccccc2)c2nn[nH]c2n1. The molecule has 1 fully saturated rings. The highest BCUT2D eigenvalue weighted by Gasteiger charge is 2.32. The van der Waals surface area contributed by atoms with Gasteiger partial charge in [-0.1, -0.05) is 65.9 Å². The van der Waals surface area contributed by atoms with E-state index in [4.69, 9.17) is 5.73 Å². The lowest BCUT2D eigenvalue weighted by Gasteiger charge is -2.39. The van der Waals surface area contributed by atoms with Gasteiger partial charge in [0.1, 0.15) is 11.3 Å². The van der Waals surface area contributed by atoms with E-state index in [1.54, 1.807) is 0 Å². The maximum Gasteiger partial charge on any atom is 0.178 e. The third-order valence-electron chi connectivity index (χ3n) is 6.82. The largest absolute Gasteiger partial charge is 0.389 e. The molecule has 1 atom stereocenters. The second-order valence-corrected chi connectivity index (χ2v) is 9.13. The molecule has 0 saturated carbocycles. The summed E-state index contributed by atoms with van der Waals surface area (Å²) in [6, 6.07) is 22.7. The van der Waals surface area contributed by atoms with Crippen LogP contribution < -0.4 is 5.73 Å². The number of aromatic nitrogens is 4. The van der Waals surface area contributed by atoms with E-state index < -0.39 is 5.60 Å². The van der Waals surface area contributed by atoms with Crippen LogP contribution in [0.15, 0.2) is 66.7 Å². The van der Waals surface area contributed by atoms with E-state index in [0.717, 1.165) is 56.4 Å². The van der Waals surface area contributed by atoms with Crippen molar-refractivity contribution in [2.75, 3.05) is 25.4 Å². The van der Waals surface area contributed by atoms with Crippen LogP contribution in [0, 0.1) is 0 Å². The van der Waals surface area contributed by atoms with Crippen molar-refractivity contribution in [1.29, 1.82) is 0 Å². The van der Waals surface area contributed by atoms with Crippen LogP contribution in [0.25, 0.3) is 11.2 Å². The van der Waals surface area contributed by atoms with Crippen LogP contribution in [0.2, 0.25) is 0 Å². The standard InChI is InChI=1S/C26H30N6O/c27-23-17-22(24-25(28-23)30-31-29-24)21(20-9-5-2-6-10-20)11-14-32-15-12-26(33,13-16-32)18-19-7-3-1-4-8-19/h1-10,17,21,33H,11-16,18H2,(H3,27,28,29,30,31). The van der Waals surface area contributed by atoms with Crippen LogP contribution in [0.4, 0.5) is 5.82 Å². The van der Waals surface area contributed by atoms with Crippen molar-refractivity contribution >= 4 is 17.0 Å². The van der Waals surface area contributed by atoms with Crippen molar-refractivity contribution in [3.05, 3.63) is 83.4 Å². The predicted octanol–water partition coefficient (Wildman–Crippen LogP) is 3.53. The number of likely N-dealkylation sites (tertiary alicyclic amines) is 1. The fraction of sp³-hybridized carbons (Fsp3) is 0.346. The summed E-state index contributed by atoms with van der Waals surface area (Å²) < 4.78 is 0. The summed E-state index contributed by atoms with van der Waals surface area (Å²) in [5.74, 6) is 0.600. The molecule has 1 saturated heterocycles. The van der Waals surface area contributed by atoms with E-state index in [1.165, 1.54) is 11.1 Å². The first-order chi connectivity index (χ1) is 16.1. The first-order valence-electron chi connectivity index (χ1n) is 11.6. The van der Waals surface area contributed by atoms with Gasteiger partial charge in [0.05, 0.1) is 5.60 Å². The highest BCUT2D eigenvalue weighted by atomic mass is 16.3. The number of benzene rings is 2. The number of pyridine rings is 1. The Balaban J connectivity index is 1.30. The van der Waals surface area contributed by atoms with Crippen LogP contribution in [0.5, 0.6) is 0 Å². The molecule has 1 unspecified atom stereocenters. The Kier molecular flexibility index (Phi) is 6.07. The third kappa shape index (κ3) is 4.89. The average molecular weight is 443 g/mol. The minimum atomic E-state index is -0.622. The zero-order valence-electron chi connectivity index (χ0n) is 18.7. The van der Waals surface area contributed by atoms with Crippen molar-refractivity contribution in [3.63, 3.8) is 0 Å². The van der Waals surface area contributed by atoms with Crippen molar-refractivity contribution in [3.8, 4) is 0 Å². The van der Waals surface area contributed by atoms with E-state index in [-0.39, 0.29) is 5.92 Å². The molecule has 170 valence electrons. The number of fused-ring (bicyclic) bond motifs is 1. The van der Waals surface area contributed by atoms with Gasteiger partial charge in [0.25, 0.3) is 0 Å². The van der Waals surface area contributed by atoms with Crippen LogP contribution in [0.3, 0.4) is 0 Å². The molecule has 1 aliphatic heterocycles. The molecule has 5 rings (SSSR count). The molecule has 1 aliphatic rings. The number of aromatic amines is 1. The summed E-state index contributed by atoms with van der Waals surface area (Å²) in [7, 11) is 0. The molecule has 0 amide bonds. The number of rotatable bonds is 7. The molecule has 4 N–H and O–H groups in total. The van der Waals surface area contributed by atoms with E-state index in [0.29, 0.717) is 11.5 Å². The predicted molar refractivity (Wildman–Crippen MR) is 130 cm³/mol. The lowest BCUT2D eigenvalue weighted by atomic mass is 9.84. The second kappa shape index (κ2) is 9.29.